The van der Waals surface area contributed by atoms with Crippen LogP contribution in [0.3, 0.4) is 0 Å². The maximum atomic E-state index is 13.7. The number of carbonyl (C=O) groups is 1. The Morgan fingerprint density at radius 2 is 1.71 bits per heavy atom. The summed E-state index contributed by atoms with van der Waals surface area (Å²) in [6, 6.07) is 21.5. The maximum absolute atomic E-state index is 13.7. The van der Waals surface area contributed by atoms with Crippen molar-refractivity contribution < 1.29 is 13.2 Å². The number of hydrogen-bond donors (Lipinski definition) is 2. The third kappa shape index (κ3) is 4.14. The standard InChI is InChI=1S/C26H25N5O3S/c1-17-22-13-14-30(26(32)25(22)31(29-17)21-6-4-5-18(15-21)16-27)20-11-9-19(10-12-20)23-7-2-3-8-24(23)35(28,33)34/h2-12,15H,13-14,16,27H2,1H3,(H2,28,33,34). The molecule has 0 fully saturated rings. The van der Waals surface area contributed by atoms with E-state index in [4.69, 9.17) is 10.9 Å². The fraction of sp³-hybridized carbons (Fsp3) is 0.154. The average Bonchev–Trinajstić information content (AvgIpc) is 3.21. The van der Waals surface area contributed by atoms with Crippen LogP contribution in [-0.4, -0.2) is 30.7 Å². The van der Waals surface area contributed by atoms with Gasteiger partial charge in [0.2, 0.25) is 10.0 Å². The summed E-state index contributed by atoms with van der Waals surface area (Å²) >= 11 is 0. The number of amides is 1. The Balaban J connectivity index is 1.51. The minimum atomic E-state index is -3.87. The Kier molecular flexibility index (Phi) is 5.76. The minimum absolute atomic E-state index is 0.0607. The molecular formula is C26H25N5O3S. The normalized spacial score (nSPS) is 13.7. The second-order valence-electron chi connectivity index (χ2n) is 8.49. The number of anilines is 1. The van der Waals surface area contributed by atoms with Crippen molar-refractivity contribution in [3.8, 4) is 16.8 Å². The summed E-state index contributed by atoms with van der Waals surface area (Å²) < 4.78 is 25.7. The molecule has 0 radical (unpaired) electrons. The van der Waals surface area contributed by atoms with Crippen molar-refractivity contribution in [1.82, 2.24) is 9.78 Å². The Bertz CT molecular complexity index is 1540. The van der Waals surface area contributed by atoms with E-state index in [-0.39, 0.29) is 10.8 Å². The van der Waals surface area contributed by atoms with E-state index in [2.05, 4.69) is 5.10 Å². The molecule has 4 N–H and O–H groups in total. The molecule has 4 aromatic rings. The second kappa shape index (κ2) is 8.77. The van der Waals surface area contributed by atoms with E-state index in [0.717, 1.165) is 28.2 Å². The summed E-state index contributed by atoms with van der Waals surface area (Å²) in [6.45, 7) is 2.84. The highest BCUT2D eigenvalue weighted by Crippen LogP contribution is 2.32. The summed E-state index contributed by atoms with van der Waals surface area (Å²) in [5, 5.41) is 10.1. The number of primary sulfonamides is 1. The molecule has 9 heteroatoms. The molecule has 5 rings (SSSR count). The number of hydrogen-bond acceptors (Lipinski definition) is 5. The van der Waals surface area contributed by atoms with E-state index in [0.29, 0.717) is 36.3 Å². The Morgan fingerprint density at radius 3 is 2.43 bits per heavy atom. The van der Waals surface area contributed by atoms with Crippen LogP contribution >= 0.6 is 0 Å². The Labute approximate surface area is 203 Å². The van der Waals surface area contributed by atoms with Crippen LogP contribution in [0.15, 0.2) is 77.7 Å². The van der Waals surface area contributed by atoms with Crippen molar-refractivity contribution in [3.63, 3.8) is 0 Å². The molecule has 1 aliphatic rings. The smallest absolute Gasteiger partial charge is 0.277 e. The van der Waals surface area contributed by atoms with Crippen LogP contribution in [0, 0.1) is 6.92 Å². The van der Waals surface area contributed by atoms with Gasteiger partial charge in [0, 0.05) is 29.9 Å². The summed E-state index contributed by atoms with van der Waals surface area (Å²) in [4.78, 5) is 15.4. The largest absolute Gasteiger partial charge is 0.326 e. The van der Waals surface area contributed by atoms with Gasteiger partial charge in [-0.15, -0.1) is 0 Å². The lowest BCUT2D eigenvalue weighted by Gasteiger charge is -2.28. The second-order valence-corrected chi connectivity index (χ2v) is 10.0. The van der Waals surface area contributed by atoms with Crippen LogP contribution in [0.5, 0.6) is 0 Å². The lowest BCUT2D eigenvalue weighted by atomic mass is 10.0. The number of carbonyl (C=O) groups excluding carboxylic acids is 1. The average molecular weight is 488 g/mol. The van der Waals surface area contributed by atoms with Gasteiger partial charge in [-0.2, -0.15) is 5.10 Å². The molecule has 0 atom stereocenters. The molecule has 2 heterocycles. The number of fused-ring (bicyclic) bond motifs is 1. The first kappa shape index (κ1) is 23.0. The highest BCUT2D eigenvalue weighted by atomic mass is 32.2. The topological polar surface area (TPSA) is 124 Å². The van der Waals surface area contributed by atoms with Crippen molar-refractivity contribution >= 4 is 21.6 Å². The molecule has 178 valence electrons. The van der Waals surface area contributed by atoms with E-state index in [1.165, 1.54) is 6.07 Å². The summed E-state index contributed by atoms with van der Waals surface area (Å²) in [5.74, 6) is -0.136. The number of rotatable bonds is 5. The van der Waals surface area contributed by atoms with Crippen LogP contribution < -0.4 is 15.8 Å². The predicted molar refractivity (Wildman–Crippen MR) is 135 cm³/mol. The van der Waals surface area contributed by atoms with Gasteiger partial charge in [0.1, 0.15) is 5.69 Å². The monoisotopic (exact) mass is 487 g/mol. The molecule has 8 nitrogen and oxygen atoms in total. The predicted octanol–water partition coefficient (Wildman–Crippen LogP) is 3.16. The summed E-state index contributed by atoms with van der Waals surface area (Å²) in [7, 11) is -3.87. The van der Waals surface area contributed by atoms with Gasteiger partial charge in [-0.05, 0) is 54.8 Å². The van der Waals surface area contributed by atoms with Crippen LogP contribution in [0.2, 0.25) is 0 Å². The fourth-order valence-electron chi connectivity index (χ4n) is 4.55. The van der Waals surface area contributed by atoms with Gasteiger partial charge in [0.15, 0.2) is 0 Å². The van der Waals surface area contributed by atoms with Gasteiger partial charge in [-0.1, -0.05) is 42.5 Å². The summed E-state index contributed by atoms with van der Waals surface area (Å²) in [6.07, 6.45) is 0.680. The molecule has 0 bridgehead atoms. The Morgan fingerprint density at radius 1 is 0.971 bits per heavy atom. The minimum Gasteiger partial charge on any atom is -0.326 e. The number of nitrogens with zero attached hydrogens (tertiary/aromatic N) is 3. The molecule has 1 aliphatic heterocycles. The summed E-state index contributed by atoms with van der Waals surface area (Å²) in [5.41, 5.74) is 11.8. The first-order chi connectivity index (χ1) is 16.8. The lowest BCUT2D eigenvalue weighted by Crippen LogP contribution is -2.38. The molecule has 0 saturated carbocycles. The SMILES string of the molecule is Cc1nn(-c2cccc(CN)c2)c2c1CCN(c1ccc(-c3ccccc3S(N)(=O)=O)cc1)C2=O. The van der Waals surface area contributed by atoms with Gasteiger partial charge in [0.25, 0.3) is 5.91 Å². The van der Waals surface area contributed by atoms with E-state index >= 15 is 0 Å². The van der Waals surface area contributed by atoms with Crippen LogP contribution in [0.25, 0.3) is 16.8 Å². The van der Waals surface area contributed by atoms with E-state index in [1.807, 2.05) is 43.3 Å². The van der Waals surface area contributed by atoms with E-state index < -0.39 is 10.0 Å². The van der Waals surface area contributed by atoms with Crippen molar-refractivity contribution in [1.29, 1.82) is 0 Å². The molecule has 3 aromatic carbocycles. The van der Waals surface area contributed by atoms with Gasteiger partial charge in [0.05, 0.1) is 16.3 Å². The Hall–Kier alpha value is -3.79. The van der Waals surface area contributed by atoms with Crippen molar-refractivity contribution in [2.24, 2.45) is 10.9 Å². The zero-order chi connectivity index (χ0) is 24.7. The molecule has 35 heavy (non-hydrogen) atoms. The molecule has 0 saturated heterocycles. The first-order valence-electron chi connectivity index (χ1n) is 11.2. The van der Waals surface area contributed by atoms with Gasteiger partial charge in [-0.3, -0.25) is 4.79 Å². The number of sulfonamides is 1. The zero-order valence-corrected chi connectivity index (χ0v) is 20.0. The van der Waals surface area contributed by atoms with Crippen LogP contribution in [0.4, 0.5) is 5.69 Å². The number of aromatic nitrogens is 2. The molecule has 1 aromatic heterocycles. The van der Waals surface area contributed by atoms with Gasteiger partial charge >= 0.3 is 0 Å². The number of nitrogens with two attached hydrogens (primary N) is 2. The molecule has 0 spiro atoms. The van der Waals surface area contributed by atoms with Crippen molar-refractivity contribution in [2.45, 2.75) is 24.8 Å². The van der Waals surface area contributed by atoms with Crippen molar-refractivity contribution in [3.05, 3.63) is 95.3 Å². The van der Waals surface area contributed by atoms with Gasteiger partial charge in [-0.25, -0.2) is 18.2 Å². The quantitative estimate of drug-likeness (QED) is 0.447. The van der Waals surface area contributed by atoms with Crippen LogP contribution in [-0.2, 0) is 23.0 Å². The highest BCUT2D eigenvalue weighted by molar-refractivity contribution is 7.89. The first-order valence-corrected chi connectivity index (χ1v) is 12.7. The fourth-order valence-corrected chi connectivity index (χ4v) is 5.31. The molecule has 1 amide bonds. The lowest BCUT2D eigenvalue weighted by molar-refractivity contribution is 0.0973. The molecular weight excluding hydrogens is 462 g/mol. The maximum Gasteiger partial charge on any atom is 0.277 e. The van der Waals surface area contributed by atoms with Gasteiger partial charge < -0.3 is 10.6 Å². The number of benzene rings is 3. The third-order valence-corrected chi connectivity index (χ3v) is 7.26. The van der Waals surface area contributed by atoms with E-state index in [9.17, 15) is 13.2 Å². The molecule has 0 aliphatic carbocycles. The number of aryl methyl sites for hydroxylation is 1. The zero-order valence-electron chi connectivity index (χ0n) is 19.2. The van der Waals surface area contributed by atoms with Crippen molar-refractivity contribution in [2.75, 3.05) is 11.4 Å². The van der Waals surface area contributed by atoms with Crippen LogP contribution in [0.1, 0.15) is 27.3 Å². The highest BCUT2D eigenvalue weighted by Gasteiger charge is 2.32. The molecule has 0 unspecified atom stereocenters. The third-order valence-electron chi connectivity index (χ3n) is 6.29. The van der Waals surface area contributed by atoms with E-state index in [1.54, 1.807) is 39.9 Å².